The Morgan fingerprint density at radius 2 is 1.50 bits per heavy atom. The predicted octanol–water partition coefficient (Wildman–Crippen LogP) is 1.97. The Hall–Kier alpha value is -0.980. The molecule has 0 unspecified atom stereocenters. The van der Waals surface area contributed by atoms with Crippen molar-refractivity contribution in [1.82, 2.24) is 0 Å². The molecule has 0 fully saturated rings. The number of phosphoric ester groups is 1. The molecule has 0 bridgehead atoms. The zero-order chi connectivity index (χ0) is 12.7. The Morgan fingerprint density at radius 3 is 1.81 bits per heavy atom. The van der Waals surface area contributed by atoms with Crippen LogP contribution in [0.5, 0.6) is 0 Å². The standard InChI is InChI=1S/C8H8F3O4P/c1-3-5-13-16(12,14-6-4-2)15-7-8(9,10)11/h1-2H,5-7H2. The van der Waals surface area contributed by atoms with Crippen molar-refractivity contribution in [3.8, 4) is 24.7 Å². The topological polar surface area (TPSA) is 44.8 Å². The zero-order valence-electron chi connectivity index (χ0n) is 7.99. The van der Waals surface area contributed by atoms with Gasteiger partial charge in [-0.3, -0.25) is 13.6 Å². The molecule has 90 valence electrons. The Morgan fingerprint density at radius 1 is 1.06 bits per heavy atom. The van der Waals surface area contributed by atoms with Gasteiger partial charge in [0.2, 0.25) is 0 Å². The number of phosphoric acid groups is 1. The molecule has 0 amide bonds. The molecule has 16 heavy (non-hydrogen) atoms. The Labute approximate surface area is 90.7 Å². The number of hydrogen-bond acceptors (Lipinski definition) is 4. The Bertz CT molecular complexity index is 317. The van der Waals surface area contributed by atoms with Crippen molar-refractivity contribution in [2.24, 2.45) is 0 Å². The Balaban J connectivity index is 4.37. The van der Waals surface area contributed by atoms with E-state index in [2.05, 4.69) is 13.6 Å². The van der Waals surface area contributed by atoms with Crippen LogP contribution >= 0.6 is 7.82 Å². The van der Waals surface area contributed by atoms with E-state index < -0.39 is 33.8 Å². The molecular formula is C8H8F3O4P. The average Bonchev–Trinajstić information content (AvgIpc) is 2.20. The van der Waals surface area contributed by atoms with E-state index in [0.717, 1.165) is 0 Å². The number of hydrogen-bond donors (Lipinski definition) is 0. The molecular weight excluding hydrogens is 248 g/mol. The third kappa shape index (κ3) is 7.33. The summed E-state index contributed by atoms with van der Waals surface area (Å²) in [5, 5.41) is 0. The lowest BCUT2D eigenvalue weighted by molar-refractivity contribution is -0.158. The molecule has 0 aromatic carbocycles. The highest BCUT2D eigenvalue weighted by Crippen LogP contribution is 2.50. The largest absolute Gasteiger partial charge is 0.476 e. The van der Waals surface area contributed by atoms with Gasteiger partial charge in [0, 0.05) is 0 Å². The van der Waals surface area contributed by atoms with Crippen LogP contribution in [0.1, 0.15) is 0 Å². The van der Waals surface area contributed by atoms with Gasteiger partial charge in [-0.15, -0.1) is 12.8 Å². The van der Waals surface area contributed by atoms with E-state index in [1.54, 1.807) is 0 Å². The predicted molar refractivity (Wildman–Crippen MR) is 49.2 cm³/mol. The second-order valence-corrected chi connectivity index (χ2v) is 3.96. The van der Waals surface area contributed by atoms with E-state index in [1.807, 2.05) is 11.8 Å². The van der Waals surface area contributed by atoms with Crippen molar-refractivity contribution < 1.29 is 31.3 Å². The summed E-state index contributed by atoms with van der Waals surface area (Å²) in [5.41, 5.74) is 0. The molecule has 0 aromatic heterocycles. The summed E-state index contributed by atoms with van der Waals surface area (Å²) >= 11 is 0. The highest BCUT2D eigenvalue weighted by Gasteiger charge is 2.35. The fraction of sp³-hybridized carbons (Fsp3) is 0.500. The molecule has 0 saturated carbocycles. The normalized spacial score (nSPS) is 11.8. The van der Waals surface area contributed by atoms with Gasteiger partial charge in [-0.2, -0.15) is 13.2 Å². The molecule has 8 heteroatoms. The first-order valence-corrected chi connectivity index (χ1v) is 5.26. The van der Waals surface area contributed by atoms with E-state index >= 15 is 0 Å². The molecule has 0 aliphatic heterocycles. The van der Waals surface area contributed by atoms with E-state index in [1.165, 1.54) is 0 Å². The lowest BCUT2D eigenvalue weighted by Gasteiger charge is -2.16. The SMILES string of the molecule is C#CCOP(=O)(OCC#C)OCC(F)(F)F. The van der Waals surface area contributed by atoms with Gasteiger partial charge in [0.25, 0.3) is 0 Å². The van der Waals surface area contributed by atoms with Crippen molar-refractivity contribution in [3.63, 3.8) is 0 Å². The van der Waals surface area contributed by atoms with Crippen molar-refractivity contribution in [3.05, 3.63) is 0 Å². The zero-order valence-corrected chi connectivity index (χ0v) is 8.88. The van der Waals surface area contributed by atoms with E-state index in [0.29, 0.717) is 0 Å². The van der Waals surface area contributed by atoms with Gasteiger partial charge in [-0.25, -0.2) is 4.57 Å². The quantitative estimate of drug-likeness (QED) is 0.538. The molecule has 0 heterocycles. The van der Waals surface area contributed by atoms with Crippen LogP contribution < -0.4 is 0 Å². The van der Waals surface area contributed by atoms with Gasteiger partial charge in [0.05, 0.1) is 0 Å². The second kappa shape index (κ2) is 6.57. The van der Waals surface area contributed by atoms with Crippen molar-refractivity contribution in [2.45, 2.75) is 6.18 Å². The average molecular weight is 256 g/mol. The van der Waals surface area contributed by atoms with Crippen molar-refractivity contribution in [1.29, 1.82) is 0 Å². The molecule has 0 rings (SSSR count). The summed E-state index contributed by atoms with van der Waals surface area (Å²) in [5.74, 6) is 3.82. The lowest BCUT2D eigenvalue weighted by Crippen LogP contribution is -2.17. The van der Waals surface area contributed by atoms with Gasteiger partial charge in [0.15, 0.2) is 6.61 Å². The van der Waals surface area contributed by atoms with Crippen LogP contribution in [0.25, 0.3) is 0 Å². The summed E-state index contributed by atoms with van der Waals surface area (Å²) < 4.78 is 59.5. The molecule has 0 atom stereocenters. The minimum atomic E-state index is -4.66. The molecule has 0 N–H and O–H groups in total. The number of terminal acetylenes is 2. The minimum absolute atomic E-state index is 0.514. The van der Waals surface area contributed by atoms with E-state index in [-0.39, 0.29) is 0 Å². The maximum Gasteiger partial charge on any atom is 0.476 e. The summed E-state index contributed by atoms with van der Waals surface area (Å²) in [7, 11) is -4.35. The van der Waals surface area contributed by atoms with Crippen LogP contribution in [0.2, 0.25) is 0 Å². The van der Waals surface area contributed by atoms with Crippen LogP contribution in [-0.4, -0.2) is 26.0 Å². The first-order chi connectivity index (χ1) is 7.33. The molecule has 0 radical (unpaired) electrons. The van der Waals surface area contributed by atoms with Crippen LogP contribution in [-0.2, 0) is 18.1 Å². The number of halogens is 3. The lowest BCUT2D eigenvalue weighted by atomic mass is 10.7. The van der Waals surface area contributed by atoms with Gasteiger partial charge in [-0.05, 0) is 0 Å². The summed E-state index contributed by atoms with van der Waals surface area (Å²) in [6, 6.07) is 0. The first kappa shape index (κ1) is 15.0. The van der Waals surface area contributed by atoms with Gasteiger partial charge in [0.1, 0.15) is 13.2 Å². The van der Waals surface area contributed by atoms with Crippen molar-refractivity contribution >= 4 is 7.82 Å². The van der Waals surface area contributed by atoms with Crippen LogP contribution in [0, 0.1) is 24.7 Å². The fourth-order valence-corrected chi connectivity index (χ4v) is 1.49. The highest BCUT2D eigenvalue weighted by molar-refractivity contribution is 7.48. The third-order valence-corrected chi connectivity index (χ3v) is 2.33. The molecule has 0 aliphatic carbocycles. The fourth-order valence-electron chi connectivity index (χ4n) is 0.497. The third-order valence-electron chi connectivity index (χ3n) is 0.998. The molecule has 0 aromatic rings. The van der Waals surface area contributed by atoms with E-state index in [9.17, 15) is 17.7 Å². The second-order valence-electron chi connectivity index (χ2n) is 2.29. The van der Waals surface area contributed by atoms with Crippen LogP contribution in [0.3, 0.4) is 0 Å². The first-order valence-electron chi connectivity index (χ1n) is 3.80. The maximum atomic E-state index is 11.8. The minimum Gasteiger partial charge on any atom is -0.277 e. The maximum absolute atomic E-state index is 11.8. The molecule has 0 aliphatic rings. The van der Waals surface area contributed by atoms with Crippen LogP contribution in [0.15, 0.2) is 0 Å². The number of alkyl halides is 3. The van der Waals surface area contributed by atoms with Gasteiger partial charge in [-0.1, -0.05) is 11.8 Å². The van der Waals surface area contributed by atoms with Crippen molar-refractivity contribution in [2.75, 3.05) is 19.8 Å². The van der Waals surface area contributed by atoms with Crippen LogP contribution in [0.4, 0.5) is 13.2 Å². The molecule has 0 spiro atoms. The molecule has 0 saturated heterocycles. The monoisotopic (exact) mass is 256 g/mol. The van der Waals surface area contributed by atoms with Gasteiger partial charge >= 0.3 is 14.0 Å². The Kier molecular flexibility index (Phi) is 6.17. The summed E-state index contributed by atoms with van der Waals surface area (Å²) in [6.07, 6.45) is 4.90. The molecule has 4 nitrogen and oxygen atoms in total. The summed E-state index contributed by atoms with van der Waals surface area (Å²) in [4.78, 5) is 0. The number of rotatable bonds is 6. The van der Waals surface area contributed by atoms with E-state index in [4.69, 9.17) is 12.8 Å². The smallest absolute Gasteiger partial charge is 0.277 e. The highest BCUT2D eigenvalue weighted by atomic mass is 31.2. The summed E-state index contributed by atoms with van der Waals surface area (Å²) in [6.45, 7) is -2.81. The van der Waals surface area contributed by atoms with Gasteiger partial charge < -0.3 is 0 Å².